The Morgan fingerprint density at radius 3 is 2.82 bits per heavy atom. The van der Waals surface area contributed by atoms with Gasteiger partial charge in [0.25, 0.3) is 11.8 Å². The number of aromatic nitrogens is 2. The predicted octanol–water partition coefficient (Wildman–Crippen LogP) is 1.82. The van der Waals surface area contributed by atoms with Gasteiger partial charge >= 0.3 is 0 Å². The number of amides is 2. The van der Waals surface area contributed by atoms with Crippen LogP contribution in [0.25, 0.3) is 0 Å². The maximum atomic E-state index is 12.6. The fourth-order valence-electron chi connectivity index (χ4n) is 4.39. The molecule has 28 heavy (non-hydrogen) atoms. The van der Waals surface area contributed by atoms with Crippen LogP contribution >= 0.6 is 0 Å². The Balaban J connectivity index is 1.26. The number of nitrogens with two attached hydrogens (primary N) is 1. The molecule has 2 atom stereocenters. The number of carbonyl (C=O) groups excluding carboxylic acids is 2. The van der Waals surface area contributed by atoms with Gasteiger partial charge in [-0.05, 0) is 67.7 Å². The van der Waals surface area contributed by atoms with Crippen LogP contribution < -0.4 is 16.4 Å². The molecule has 0 radical (unpaired) electrons. The first-order chi connectivity index (χ1) is 13.5. The highest BCUT2D eigenvalue weighted by atomic mass is 16.2. The van der Waals surface area contributed by atoms with Gasteiger partial charge in [-0.3, -0.25) is 14.3 Å². The molecule has 2 unspecified atom stereocenters. The second-order valence-electron chi connectivity index (χ2n) is 8.00. The predicted molar refractivity (Wildman–Crippen MR) is 107 cm³/mol. The van der Waals surface area contributed by atoms with E-state index in [-0.39, 0.29) is 23.7 Å². The summed E-state index contributed by atoms with van der Waals surface area (Å²) in [5.41, 5.74) is 9.60. The molecule has 0 bridgehead atoms. The largest absolute Gasteiger partial charge is 0.382 e. The van der Waals surface area contributed by atoms with Crippen LogP contribution in [0.1, 0.15) is 57.5 Å². The first kappa shape index (κ1) is 18.5. The van der Waals surface area contributed by atoms with Gasteiger partial charge in [-0.2, -0.15) is 5.10 Å². The normalized spacial score (nSPS) is 20.8. The SMILES string of the molecule is Cn1cc(C(=O)NCC2CCC(NC(=O)c3ccc4c(c3)CCC4)C2)c(N)n1. The second-order valence-corrected chi connectivity index (χ2v) is 8.00. The number of benzene rings is 1. The molecule has 1 saturated carbocycles. The Morgan fingerprint density at radius 1 is 1.21 bits per heavy atom. The van der Waals surface area contributed by atoms with Crippen molar-refractivity contribution in [1.82, 2.24) is 20.4 Å². The van der Waals surface area contributed by atoms with Crippen LogP contribution in [0.15, 0.2) is 24.4 Å². The molecule has 7 nitrogen and oxygen atoms in total. The van der Waals surface area contributed by atoms with Crippen LogP contribution in [0, 0.1) is 5.92 Å². The number of carbonyl (C=O) groups is 2. The molecule has 4 N–H and O–H groups in total. The number of anilines is 1. The van der Waals surface area contributed by atoms with E-state index in [0.717, 1.165) is 37.7 Å². The van der Waals surface area contributed by atoms with Crippen molar-refractivity contribution in [1.29, 1.82) is 0 Å². The summed E-state index contributed by atoms with van der Waals surface area (Å²) >= 11 is 0. The standard InChI is InChI=1S/C21H27N5O2/c1-26-12-18(19(22)25-26)21(28)23-11-13-5-8-17(9-13)24-20(27)16-7-6-14-3-2-4-15(14)10-16/h6-7,10,12-13,17H,2-5,8-9,11H2,1H3,(H2,22,25)(H,23,28)(H,24,27). The highest BCUT2D eigenvalue weighted by Gasteiger charge is 2.27. The summed E-state index contributed by atoms with van der Waals surface area (Å²) in [6, 6.07) is 6.23. The van der Waals surface area contributed by atoms with Crippen LogP contribution in [0.3, 0.4) is 0 Å². The van der Waals surface area contributed by atoms with E-state index in [9.17, 15) is 9.59 Å². The van der Waals surface area contributed by atoms with E-state index < -0.39 is 0 Å². The van der Waals surface area contributed by atoms with Gasteiger partial charge in [0.05, 0.1) is 0 Å². The molecule has 0 aliphatic heterocycles. The van der Waals surface area contributed by atoms with Gasteiger partial charge < -0.3 is 16.4 Å². The van der Waals surface area contributed by atoms with Crippen molar-refractivity contribution in [2.45, 2.75) is 44.6 Å². The van der Waals surface area contributed by atoms with Gasteiger partial charge in [0.1, 0.15) is 5.56 Å². The molecule has 2 amide bonds. The monoisotopic (exact) mass is 381 g/mol. The van der Waals surface area contributed by atoms with Crippen molar-refractivity contribution in [2.24, 2.45) is 13.0 Å². The lowest BCUT2D eigenvalue weighted by molar-refractivity contribution is 0.0927. The highest BCUT2D eigenvalue weighted by molar-refractivity contribution is 5.98. The van der Waals surface area contributed by atoms with Crippen molar-refractivity contribution in [3.63, 3.8) is 0 Å². The molecule has 1 aromatic carbocycles. The third-order valence-corrected chi connectivity index (χ3v) is 5.89. The topological polar surface area (TPSA) is 102 Å². The molecule has 2 aliphatic carbocycles. The van der Waals surface area contributed by atoms with Gasteiger partial charge in [-0.1, -0.05) is 6.07 Å². The fraction of sp³-hybridized carbons (Fsp3) is 0.476. The number of rotatable bonds is 5. The minimum atomic E-state index is -0.198. The molecule has 0 spiro atoms. The first-order valence-corrected chi connectivity index (χ1v) is 9.99. The molecule has 0 saturated heterocycles. The van der Waals surface area contributed by atoms with Crippen LogP contribution in [0.2, 0.25) is 0 Å². The third-order valence-electron chi connectivity index (χ3n) is 5.89. The molecular weight excluding hydrogens is 354 g/mol. The number of aryl methyl sites for hydroxylation is 3. The van der Waals surface area contributed by atoms with Crippen molar-refractivity contribution in [3.05, 3.63) is 46.6 Å². The zero-order valence-electron chi connectivity index (χ0n) is 16.2. The number of hydrogen-bond acceptors (Lipinski definition) is 4. The van der Waals surface area contributed by atoms with E-state index in [1.807, 2.05) is 12.1 Å². The Morgan fingerprint density at radius 2 is 2.04 bits per heavy atom. The Hall–Kier alpha value is -2.83. The summed E-state index contributed by atoms with van der Waals surface area (Å²) in [6.07, 6.45) is 7.80. The average molecular weight is 381 g/mol. The van der Waals surface area contributed by atoms with Crippen molar-refractivity contribution < 1.29 is 9.59 Å². The van der Waals surface area contributed by atoms with Crippen LogP contribution in [0.5, 0.6) is 0 Å². The van der Waals surface area contributed by atoms with Gasteiger partial charge in [-0.15, -0.1) is 0 Å². The molecule has 4 rings (SSSR count). The smallest absolute Gasteiger partial charge is 0.256 e. The Labute approximate surface area is 164 Å². The second kappa shape index (κ2) is 7.66. The van der Waals surface area contributed by atoms with Crippen molar-refractivity contribution in [2.75, 3.05) is 12.3 Å². The molecule has 1 heterocycles. The Bertz CT molecular complexity index is 904. The fourth-order valence-corrected chi connectivity index (χ4v) is 4.39. The molecular formula is C21H27N5O2. The maximum absolute atomic E-state index is 12.6. The number of hydrogen-bond donors (Lipinski definition) is 3. The van der Waals surface area contributed by atoms with Crippen LogP contribution in [-0.2, 0) is 19.9 Å². The number of fused-ring (bicyclic) bond motifs is 1. The van der Waals surface area contributed by atoms with Gasteiger partial charge in [0.2, 0.25) is 0 Å². The van der Waals surface area contributed by atoms with Crippen LogP contribution in [-0.4, -0.2) is 34.2 Å². The van der Waals surface area contributed by atoms with E-state index in [1.54, 1.807) is 13.2 Å². The molecule has 2 aliphatic rings. The third kappa shape index (κ3) is 3.88. The maximum Gasteiger partial charge on any atom is 0.256 e. The average Bonchev–Trinajstić information content (AvgIpc) is 3.39. The van der Waals surface area contributed by atoms with E-state index >= 15 is 0 Å². The van der Waals surface area contributed by atoms with Crippen molar-refractivity contribution >= 4 is 17.6 Å². The van der Waals surface area contributed by atoms with E-state index in [4.69, 9.17) is 5.73 Å². The lowest BCUT2D eigenvalue weighted by atomic mass is 10.1. The molecule has 7 heteroatoms. The minimum Gasteiger partial charge on any atom is -0.382 e. The summed E-state index contributed by atoms with van der Waals surface area (Å²) in [4.78, 5) is 24.9. The van der Waals surface area contributed by atoms with Gasteiger partial charge in [0, 0.05) is 31.4 Å². The minimum absolute atomic E-state index is 0.00696. The lowest BCUT2D eigenvalue weighted by Crippen LogP contribution is -2.34. The molecule has 2 aromatic rings. The van der Waals surface area contributed by atoms with Crippen LogP contribution in [0.4, 0.5) is 5.82 Å². The summed E-state index contributed by atoms with van der Waals surface area (Å²) in [7, 11) is 1.73. The van der Waals surface area contributed by atoms with Gasteiger partial charge in [0.15, 0.2) is 5.82 Å². The summed E-state index contributed by atoms with van der Waals surface area (Å²) in [5.74, 6) is 0.404. The molecule has 1 fully saturated rings. The lowest BCUT2D eigenvalue weighted by Gasteiger charge is -2.14. The Kier molecular flexibility index (Phi) is 5.07. The summed E-state index contributed by atoms with van der Waals surface area (Å²) in [5, 5.41) is 10.1. The van der Waals surface area contributed by atoms with E-state index in [0.29, 0.717) is 18.0 Å². The molecule has 148 valence electrons. The van der Waals surface area contributed by atoms with E-state index in [2.05, 4.69) is 21.8 Å². The zero-order valence-corrected chi connectivity index (χ0v) is 16.2. The quantitative estimate of drug-likeness (QED) is 0.735. The van der Waals surface area contributed by atoms with Crippen molar-refractivity contribution in [3.8, 4) is 0 Å². The number of nitrogen functional groups attached to an aromatic ring is 1. The zero-order chi connectivity index (χ0) is 19.7. The molecule has 1 aromatic heterocycles. The van der Waals surface area contributed by atoms with E-state index in [1.165, 1.54) is 22.2 Å². The van der Waals surface area contributed by atoms with Gasteiger partial charge in [-0.25, -0.2) is 0 Å². The summed E-state index contributed by atoms with van der Waals surface area (Å²) < 4.78 is 1.53. The first-order valence-electron chi connectivity index (χ1n) is 9.99. The number of nitrogens with zero attached hydrogens (tertiary/aromatic N) is 2. The number of nitrogens with one attached hydrogen (secondary N) is 2. The highest BCUT2D eigenvalue weighted by Crippen LogP contribution is 2.26. The summed E-state index contributed by atoms with van der Waals surface area (Å²) in [6.45, 7) is 0.582.